The molecular weight excluding hydrogens is 282 g/mol. The molecule has 0 unspecified atom stereocenters. The van der Waals surface area contributed by atoms with Crippen LogP contribution >= 0.6 is 0 Å². The van der Waals surface area contributed by atoms with Gasteiger partial charge in [0.1, 0.15) is 12.2 Å². The lowest BCUT2D eigenvalue weighted by atomic mass is 10.2. The van der Waals surface area contributed by atoms with Gasteiger partial charge in [0.05, 0.1) is 20.3 Å². The minimum Gasteiger partial charge on any atom is -0.481 e. The summed E-state index contributed by atoms with van der Waals surface area (Å²) < 4.78 is 38.2. The molecule has 0 saturated carbocycles. The number of methoxy groups -OCH3 is 1. The molecule has 2 heterocycles. The molecule has 6 nitrogen and oxygen atoms in total. The van der Waals surface area contributed by atoms with Gasteiger partial charge >= 0.3 is 5.92 Å². The molecule has 0 aliphatic carbocycles. The molecule has 1 aliphatic rings. The van der Waals surface area contributed by atoms with E-state index in [1.807, 2.05) is 0 Å². The minimum absolute atomic E-state index is 0.0980. The highest BCUT2D eigenvalue weighted by Gasteiger charge is 2.33. The van der Waals surface area contributed by atoms with Crippen LogP contribution in [0.1, 0.15) is 5.69 Å². The number of rotatable bonds is 4. The monoisotopic (exact) mass is 300 g/mol. The van der Waals surface area contributed by atoms with Crippen LogP contribution in [0.15, 0.2) is 23.2 Å². The summed E-state index contributed by atoms with van der Waals surface area (Å²) in [6, 6.07) is 4.21. The molecule has 116 valence electrons. The van der Waals surface area contributed by atoms with Gasteiger partial charge in [0.2, 0.25) is 5.88 Å². The first-order valence-corrected chi connectivity index (χ1v) is 6.55. The number of nitrogens with zero attached hydrogens (tertiary/aromatic N) is 3. The number of guanidine groups is 1. The van der Waals surface area contributed by atoms with Crippen LogP contribution < -0.4 is 10.5 Å². The Morgan fingerprint density at radius 3 is 2.86 bits per heavy atom. The maximum absolute atomic E-state index is 14.1. The van der Waals surface area contributed by atoms with E-state index in [0.717, 1.165) is 0 Å². The number of morpholine rings is 1. The number of nitrogens with two attached hydrogens (primary N) is 1. The lowest BCUT2D eigenvalue weighted by Gasteiger charge is -2.27. The third-order valence-corrected chi connectivity index (χ3v) is 3.08. The molecule has 1 fully saturated rings. The van der Waals surface area contributed by atoms with Crippen molar-refractivity contribution in [3.8, 4) is 5.88 Å². The molecule has 8 heteroatoms. The zero-order valence-electron chi connectivity index (χ0n) is 11.8. The maximum atomic E-state index is 14.1. The van der Waals surface area contributed by atoms with Gasteiger partial charge in [0.15, 0.2) is 5.96 Å². The third-order valence-electron chi connectivity index (χ3n) is 3.08. The number of aromatic nitrogens is 1. The second-order valence-corrected chi connectivity index (χ2v) is 4.54. The van der Waals surface area contributed by atoms with E-state index in [2.05, 4.69) is 9.98 Å². The van der Waals surface area contributed by atoms with Crippen molar-refractivity contribution in [1.29, 1.82) is 0 Å². The maximum Gasteiger partial charge on any atom is 0.309 e. The van der Waals surface area contributed by atoms with Crippen molar-refractivity contribution in [3.05, 3.63) is 23.9 Å². The van der Waals surface area contributed by atoms with E-state index in [1.54, 1.807) is 4.90 Å². The molecular formula is C13H18F2N4O2. The van der Waals surface area contributed by atoms with E-state index < -0.39 is 12.5 Å². The first kappa shape index (κ1) is 15.4. The second kappa shape index (κ2) is 6.66. The zero-order chi connectivity index (χ0) is 15.3. The molecule has 0 atom stereocenters. The van der Waals surface area contributed by atoms with Gasteiger partial charge in [0.25, 0.3) is 0 Å². The largest absolute Gasteiger partial charge is 0.481 e. The molecule has 1 aliphatic heterocycles. The van der Waals surface area contributed by atoms with Gasteiger partial charge in [-0.1, -0.05) is 6.07 Å². The van der Waals surface area contributed by atoms with E-state index >= 15 is 0 Å². The van der Waals surface area contributed by atoms with Crippen LogP contribution in [0.3, 0.4) is 0 Å². The number of halogens is 2. The normalized spacial score (nSPS) is 16.9. The summed E-state index contributed by atoms with van der Waals surface area (Å²) in [7, 11) is 1.37. The summed E-state index contributed by atoms with van der Waals surface area (Å²) in [5.74, 6) is -2.97. The molecule has 0 amide bonds. The van der Waals surface area contributed by atoms with Crippen LogP contribution in [0.5, 0.6) is 5.88 Å². The van der Waals surface area contributed by atoms with Crippen molar-refractivity contribution >= 4 is 5.96 Å². The number of hydrogen-bond acceptors (Lipinski definition) is 4. The Bertz CT molecular complexity index is 505. The number of alkyl halides is 2. The highest BCUT2D eigenvalue weighted by Crippen LogP contribution is 2.27. The predicted molar refractivity (Wildman–Crippen MR) is 73.6 cm³/mol. The standard InChI is InChI=1S/C13H18F2N4O2/c1-20-11-4-2-3-10(18-11)13(14,15)9-17-12(16)19-5-7-21-8-6-19/h2-4H,5-9H2,1H3,(H2,16,17). The van der Waals surface area contributed by atoms with E-state index in [1.165, 1.54) is 25.3 Å². The third kappa shape index (κ3) is 4.01. The van der Waals surface area contributed by atoms with Crippen LogP contribution in [0.2, 0.25) is 0 Å². The Hall–Kier alpha value is -1.96. The van der Waals surface area contributed by atoms with Gasteiger partial charge in [-0.15, -0.1) is 0 Å². The molecule has 1 aromatic rings. The Morgan fingerprint density at radius 2 is 2.19 bits per heavy atom. The van der Waals surface area contributed by atoms with Crippen molar-refractivity contribution in [1.82, 2.24) is 9.88 Å². The first-order valence-electron chi connectivity index (χ1n) is 6.55. The zero-order valence-corrected chi connectivity index (χ0v) is 11.8. The first-order chi connectivity index (χ1) is 10.0. The molecule has 1 aromatic heterocycles. The van der Waals surface area contributed by atoms with Crippen LogP contribution in [-0.2, 0) is 10.7 Å². The summed E-state index contributed by atoms with van der Waals surface area (Å²) in [5.41, 5.74) is 5.34. The quantitative estimate of drug-likeness (QED) is 0.658. The highest BCUT2D eigenvalue weighted by atomic mass is 19.3. The van der Waals surface area contributed by atoms with Crippen LogP contribution in [0.4, 0.5) is 8.78 Å². The average molecular weight is 300 g/mol. The van der Waals surface area contributed by atoms with Crippen LogP contribution in [-0.4, -0.2) is 55.8 Å². The summed E-state index contributed by atoms with van der Waals surface area (Å²) in [6.45, 7) is 1.39. The fourth-order valence-electron chi connectivity index (χ4n) is 1.89. The fourth-order valence-corrected chi connectivity index (χ4v) is 1.89. The molecule has 21 heavy (non-hydrogen) atoms. The Kier molecular flexibility index (Phi) is 4.89. The second-order valence-electron chi connectivity index (χ2n) is 4.54. The van der Waals surface area contributed by atoms with Gasteiger partial charge in [-0.2, -0.15) is 8.78 Å². The Labute approximate surface area is 121 Å². The Morgan fingerprint density at radius 1 is 1.48 bits per heavy atom. The SMILES string of the molecule is COc1cccc(C(F)(F)CN=C(N)N2CCOCC2)n1. The highest BCUT2D eigenvalue weighted by molar-refractivity contribution is 5.78. The van der Waals surface area contributed by atoms with Crippen molar-refractivity contribution in [2.24, 2.45) is 10.7 Å². The van der Waals surface area contributed by atoms with E-state index in [-0.39, 0.29) is 17.5 Å². The topological polar surface area (TPSA) is 73.0 Å². The predicted octanol–water partition coefficient (Wildman–Crippen LogP) is 0.829. The summed E-state index contributed by atoms with van der Waals surface area (Å²) >= 11 is 0. The molecule has 0 bridgehead atoms. The van der Waals surface area contributed by atoms with E-state index in [9.17, 15) is 8.78 Å². The molecule has 2 N–H and O–H groups in total. The van der Waals surface area contributed by atoms with Crippen LogP contribution in [0.25, 0.3) is 0 Å². The van der Waals surface area contributed by atoms with Gasteiger partial charge in [-0.25, -0.2) is 9.98 Å². The van der Waals surface area contributed by atoms with Gasteiger partial charge in [0, 0.05) is 19.2 Å². The summed E-state index contributed by atoms with van der Waals surface area (Å²) in [5, 5.41) is 0. The van der Waals surface area contributed by atoms with E-state index in [0.29, 0.717) is 26.3 Å². The van der Waals surface area contributed by atoms with Crippen molar-refractivity contribution in [2.45, 2.75) is 5.92 Å². The number of pyridine rings is 1. The van der Waals surface area contributed by atoms with Crippen molar-refractivity contribution in [3.63, 3.8) is 0 Å². The lowest BCUT2D eigenvalue weighted by Crippen LogP contribution is -2.45. The van der Waals surface area contributed by atoms with Crippen molar-refractivity contribution < 1.29 is 18.3 Å². The number of aliphatic imine (C=N–C) groups is 1. The molecule has 0 spiro atoms. The number of ether oxygens (including phenoxy) is 2. The van der Waals surface area contributed by atoms with Gasteiger partial charge in [-0.05, 0) is 6.07 Å². The van der Waals surface area contributed by atoms with Gasteiger partial charge in [-0.3, -0.25) is 0 Å². The van der Waals surface area contributed by atoms with E-state index in [4.69, 9.17) is 15.2 Å². The molecule has 0 radical (unpaired) electrons. The fraction of sp³-hybridized carbons (Fsp3) is 0.538. The molecule has 2 rings (SSSR count). The average Bonchev–Trinajstić information content (AvgIpc) is 2.53. The van der Waals surface area contributed by atoms with Crippen LogP contribution in [0, 0.1) is 0 Å². The molecule has 0 aromatic carbocycles. The Balaban J connectivity index is 2.05. The number of hydrogen-bond donors (Lipinski definition) is 1. The summed E-state index contributed by atoms with van der Waals surface area (Å²) in [6.07, 6.45) is 0. The lowest BCUT2D eigenvalue weighted by molar-refractivity contribution is 0.000909. The minimum atomic E-state index is -3.20. The van der Waals surface area contributed by atoms with Crippen molar-refractivity contribution in [2.75, 3.05) is 40.0 Å². The molecule has 1 saturated heterocycles. The van der Waals surface area contributed by atoms with Gasteiger partial charge < -0.3 is 20.1 Å². The smallest absolute Gasteiger partial charge is 0.309 e. The summed E-state index contributed by atoms with van der Waals surface area (Å²) in [4.78, 5) is 9.24.